The van der Waals surface area contributed by atoms with Gasteiger partial charge in [0.1, 0.15) is 0 Å². The average Bonchev–Trinajstić information content (AvgIpc) is 2.47. The molecule has 0 aliphatic carbocycles. The Morgan fingerprint density at radius 3 is 1.65 bits per heavy atom. The molecule has 0 spiro atoms. The van der Waals surface area contributed by atoms with Crippen molar-refractivity contribution in [1.82, 2.24) is 5.06 Å². The molecule has 0 radical (unpaired) electrons. The van der Waals surface area contributed by atoms with Gasteiger partial charge in [-0.05, 0) is 11.1 Å². The number of hydrogen-bond acceptors (Lipinski definition) is 2. The second-order valence-corrected chi connectivity index (χ2v) is 4.67. The fourth-order valence-corrected chi connectivity index (χ4v) is 1.95. The lowest BCUT2D eigenvalue weighted by atomic mass is 10.2. The number of benzene rings is 2. The molecule has 2 nitrogen and oxygen atoms in total. The predicted molar refractivity (Wildman–Crippen MR) is 86.1 cm³/mol. The molecule has 0 amide bonds. The van der Waals surface area contributed by atoms with Crippen molar-refractivity contribution >= 4 is 24.0 Å². The van der Waals surface area contributed by atoms with Gasteiger partial charge in [0.05, 0.1) is 6.61 Å². The van der Waals surface area contributed by atoms with Gasteiger partial charge in [-0.3, -0.25) is 4.84 Å². The highest BCUT2D eigenvalue weighted by Crippen LogP contribution is 2.10. The Labute approximate surface area is 131 Å². The molecule has 108 valence electrons. The Balaban J connectivity index is 0.00000200. The number of alkyl halides is 1. The minimum absolute atomic E-state index is 0. The van der Waals surface area contributed by atoms with Gasteiger partial charge < -0.3 is 0 Å². The van der Waals surface area contributed by atoms with Gasteiger partial charge in [0.15, 0.2) is 0 Å². The number of halogens is 2. The molecule has 0 aliphatic heterocycles. The molecule has 20 heavy (non-hydrogen) atoms. The molecular weight excluding hydrogens is 293 g/mol. The highest BCUT2D eigenvalue weighted by atomic mass is 35.5. The summed E-state index contributed by atoms with van der Waals surface area (Å²) in [6.45, 7) is 2.04. The van der Waals surface area contributed by atoms with Gasteiger partial charge in [-0.1, -0.05) is 60.7 Å². The van der Waals surface area contributed by atoms with Gasteiger partial charge in [0.25, 0.3) is 0 Å². The molecule has 0 aromatic heterocycles. The van der Waals surface area contributed by atoms with Gasteiger partial charge in [-0.2, -0.15) is 5.06 Å². The largest absolute Gasteiger partial charge is 0.297 e. The van der Waals surface area contributed by atoms with Gasteiger partial charge in [-0.15, -0.1) is 24.0 Å². The van der Waals surface area contributed by atoms with Crippen LogP contribution in [0, 0.1) is 0 Å². The van der Waals surface area contributed by atoms with Gasteiger partial charge >= 0.3 is 0 Å². The molecular formula is C16H19Cl2NO. The lowest BCUT2D eigenvalue weighted by Crippen LogP contribution is -2.24. The van der Waals surface area contributed by atoms with Crippen molar-refractivity contribution in [2.45, 2.75) is 13.1 Å². The Morgan fingerprint density at radius 2 is 1.25 bits per heavy atom. The minimum Gasteiger partial charge on any atom is -0.297 e. The van der Waals surface area contributed by atoms with E-state index in [-0.39, 0.29) is 12.4 Å². The topological polar surface area (TPSA) is 12.5 Å². The molecule has 4 heteroatoms. The highest BCUT2D eigenvalue weighted by Gasteiger charge is 2.07. The lowest BCUT2D eigenvalue weighted by Gasteiger charge is -2.21. The zero-order valence-corrected chi connectivity index (χ0v) is 12.8. The van der Waals surface area contributed by atoms with Gasteiger partial charge in [-0.25, -0.2) is 0 Å². The highest BCUT2D eigenvalue weighted by molar-refractivity contribution is 6.17. The number of nitrogens with zero attached hydrogens (tertiary/aromatic N) is 1. The third-order valence-corrected chi connectivity index (χ3v) is 2.91. The molecule has 0 saturated carbocycles. The molecule has 0 aliphatic rings. The third-order valence-electron chi connectivity index (χ3n) is 2.75. The summed E-state index contributed by atoms with van der Waals surface area (Å²) in [5.74, 6) is 0.500. The SMILES string of the molecule is Cl.ClCCON(Cc1ccccc1)Cc1ccccc1. The predicted octanol–water partition coefficient (Wildman–Crippen LogP) is 4.28. The summed E-state index contributed by atoms with van der Waals surface area (Å²) in [7, 11) is 0. The average molecular weight is 312 g/mol. The molecule has 0 heterocycles. The van der Waals surface area contributed by atoms with Crippen molar-refractivity contribution in [1.29, 1.82) is 0 Å². The zero-order chi connectivity index (χ0) is 13.3. The van der Waals surface area contributed by atoms with E-state index in [4.69, 9.17) is 16.4 Å². The fourth-order valence-electron chi connectivity index (χ4n) is 1.88. The van der Waals surface area contributed by atoms with E-state index in [2.05, 4.69) is 24.3 Å². The van der Waals surface area contributed by atoms with Gasteiger partial charge in [0.2, 0.25) is 0 Å². The quantitative estimate of drug-likeness (QED) is 0.559. The standard InChI is InChI=1S/C16H18ClNO.ClH/c17-11-12-19-18(13-15-7-3-1-4-8-15)14-16-9-5-2-6-10-16;/h1-10H,11-14H2;1H. The summed E-state index contributed by atoms with van der Waals surface area (Å²) in [5.41, 5.74) is 2.46. The van der Waals surface area contributed by atoms with E-state index in [1.807, 2.05) is 41.5 Å². The van der Waals surface area contributed by atoms with Crippen LogP contribution in [0.15, 0.2) is 60.7 Å². The maximum atomic E-state index is 5.70. The normalized spacial score (nSPS) is 10.3. The van der Waals surface area contributed by atoms with Crippen LogP contribution in [0.3, 0.4) is 0 Å². The first-order chi connectivity index (χ1) is 9.38. The third kappa shape index (κ3) is 5.93. The van der Waals surface area contributed by atoms with Crippen molar-refractivity contribution in [3.05, 3.63) is 71.8 Å². The van der Waals surface area contributed by atoms with Crippen LogP contribution in [0.5, 0.6) is 0 Å². The first-order valence-corrected chi connectivity index (χ1v) is 6.93. The summed E-state index contributed by atoms with van der Waals surface area (Å²) in [6, 6.07) is 20.6. The Hall–Kier alpha value is -1.06. The van der Waals surface area contributed by atoms with E-state index in [0.717, 1.165) is 13.1 Å². The zero-order valence-electron chi connectivity index (χ0n) is 11.2. The van der Waals surface area contributed by atoms with Crippen LogP contribution in [0.25, 0.3) is 0 Å². The summed E-state index contributed by atoms with van der Waals surface area (Å²) in [6.07, 6.45) is 0. The maximum absolute atomic E-state index is 5.70. The molecule has 0 unspecified atom stereocenters. The van der Waals surface area contributed by atoms with Crippen LogP contribution in [-0.2, 0) is 17.9 Å². The first-order valence-electron chi connectivity index (χ1n) is 6.40. The van der Waals surface area contributed by atoms with E-state index < -0.39 is 0 Å². The van der Waals surface area contributed by atoms with Crippen LogP contribution in [0.2, 0.25) is 0 Å². The molecule has 0 fully saturated rings. The van der Waals surface area contributed by atoms with E-state index in [0.29, 0.717) is 12.5 Å². The second-order valence-electron chi connectivity index (χ2n) is 4.29. The number of rotatable bonds is 7. The van der Waals surface area contributed by atoms with Crippen LogP contribution < -0.4 is 0 Å². The summed E-state index contributed by atoms with van der Waals surface area (Å²) in [5, 5.41) is 1.95. The van der Waals surface area contributed by atoms with Crippen molar-refractivity contribution in [2.24, 2.45) is 0 Å². The summed E-state index contributed by atoms with van der Waals surface area (Å²) < 4.78 is 0. The van der Waals surface area contributed by atoms with Crippen LogP contribution >= 0.6 is 24.0 Å². The van der Waals surface area contributed by atoms with Crippen LogP contribution in [0.4, 0.5) is 0 Å². The molecule has 0 N–H and O–H groups in total. The van der Waals surface area contributed by atoms with Crippen molar-refractivity contribution in [3.63, 3.8) is 0 Å². The van der Waals surface area contributed by atoms with E-state index >= 15 is 0 Å². The fraction of sp³-hybridized carbons (Fsp3) is 0.250. The van der Waals surface area contributed by atoms with Crippen LogP contribution in [0.1, 0.15) is 11.1 Å². The van der Waals surface area contributed by atoms with E-state index in [1.165, 1.54) is 11.1 Å². The Morgan fingerprint density at radius 1 is 0.800 bits per heavy atom. The molecule has 0 saturated heterocycles. The van der Waals surface area contributed by atoms with Crippen LogP contribution in [-0.4, -0.2) is 17.6 Å². The Kier molecular flexibility index (Phi) is 8.31. The number of hydroxylamine groups is 2. The Bertz CT molecular complexity index is 423. The second kappa shape index (κ2) is 9.78. The molecule has 0 bridgehead atoms. The van der Waals surface area contributed by atoms with E-state index in [9.17, 15) is 0 Å². The molecule has 0 atom stereocenters. The smallest absolute Gasteiger partial charge is 0.0820 e. The van der Waals surface area contributed by atoms with Crippen molar-refractivity contribution < 1.29 is 4.84 Å². The maximum Gasteiger partial charge on any atom is 0.0820 e. The van der Waals surface area contributed by atoms with Crippen molar-refractivity contribution in [2.75, 3.05) is 12.5 Å². The first kappa shape index (κ1) is 17.0. The molecule has 2 aromatic rings. The van der Waals surface area contributed by atoms with Gasteiger partial charge in [0, 0.05) is 19.0 Å². The summed E-state index contributed by atoms with van der Waals surface area (Å²) in [4.78, 5) is 5.70. The minimum atomic E-state index is 0. The van der Waals surface area contributed by atoms with E-state index in [1.54, 1.807) is 0 Å². The molecule has 2 rings (SSSR count). The lowest BCUT2D eigenvalue weighted by molar-refractivity contribution is -0.168. The molecule has 2 aromatic carbocycles. The summed E-state index contributed by atoms with van der Waals surface area (Å²) >= 11 is 5.70. The van der Waals surface area contributed by atoms with Crippen molar-refractivity contribution in [3.8, 4) is 0 Å². The monoisotopic (exact) mass is 311 g/mol. The number of hydrogen-bond donors (Lipinski definition) is 0.